The first-order valence-electron chi connectivity index (χ1n) is 13.7. The Labute approximate surface area is 233 Å². The van der Waals surface area contributed by atoms with Crippen LogP contribution in [0.15, 0.2) is 99.8 Å². The van der Waals surface area contributed by atoms with Crippen molar-refractivity contribution >= 4 is 84.5 Å². The van der Waals surface area contributed by atoms with Crippen LogP contribution in [0, 0.1) is 0 Å². The van der Waals surface area contributed by atoms with Gasteiger partial charge in [0, 0.05) is 22.7 Å². The van der Waals surface area contributed by atoms with Gasteiger partial charge in [-0.2, -0.15) is 0 Å². The van der Waals surface area contributed by atoms with Crippen LogP contribution in [-0.2, 0) is 0 Å². The Morgan fingerprint density at radius 3 is 1.31 bits per heavy atom. The summed E-state index contributed by atoms with van der Waals surface area (Å²) >= 11 is 0. The predicted molar refractivity (Wildman–Crippen MR) is 171 cm³/mol. The molecule has 2 aromatic heterocycles. The van der Waals surface area contributed by atoms with Gasteiger partial charge in [-0.25, -0.2) is 0 Å². The van der Waals surface area contributed by atoms with Crippen LogP contribution in [-0.4, -0.2) is 22.9 Å². The van der Waals surface area contributed by atoms with E-state index in [1.807, 2.05) is 0 Å². The zero-order valence-electron chi connectivity index (χ0n) is 23.4. The number of anilines is 6. The van der Waals surface area contributed by atoms with Gasteiger partial charge in [-0.3, -0.25) is 0 Å². The minimum Gasteiger partial charge on any atom is -0.478 e. The van der Waals surface area contributed by atoms with Crippen molar-refractivity contribution in [2.45, 2.75) is 39.3 Å². The van der Waals surface area contributed by atoms with E-state index < -0.39 is 16.1 Å². The summed E-state index contributed by atoms with van der Waals surface area (Å²) in [5.74, 6) is 0. The molecule has 194 valence electrons. The highest BCUT2D eigenvalue weighted by molar-refractivity contribution is 6.99. The second kappa shape index (κ2) is 8.41. The van der Waals surface area contributed by atoms with Crippen LogP contribution < -0.4 is 37.3 Å². The summed E-state index contributed by atoms with van der Waals surface area (Å²) in [6.07, 6.45) is 0. The lowest BCUT2D eigenvalue weighted by molar-refractivity contribution is 0.618. The Morgan fingerprint density at radius 2 is 0.923 bits per heavy atom. The lowest BCUT2D eigenvalue weighted by Crippen LogP contribution is -2.60. The van der Waals surface area contributed by atoms with E-state index in [1.54, 1.807) is 0 Å². The summed E-state index contributed by atoms with van der Waals surface area (Å²) in [6, 6.07) is 32.6. The van der Waals surface area contributed by atoms with E-state index in [0.29, 0.717) is 0 Å². The van der Waals surface area contributed by atoms with Gasteiger partial charge in [-0.1, -0.05) is 81.7 Å². The normalized spacial score (nSPS) is 14.3. The van der Waals surface area contributed by atoms with E-state index in [2.05, 4.69) is 140 Å². The van der Waals surface area contributed by atoms with Gasteiger partial charge in [0.1, 0.15) is 27.5 Å². The number of hydrogen-bond donors (Lipinski definition) is 0. The van der Waals surface area contributed by atoms with Gasteiger partial charge >= 0.3 is 6.71 Å². The topological polar surface area (TPSA) is 32.8 Å². The van der Waals surface area contributed by atoms with Crippen LogP contribution in [0.3, 0.4) is 0 Å². The monoisotopic (exact) mass is 544 g/mol. The molecule has 7 heteroatoms. The maximum Gasteiger partial charge on any atom is 0.342 e. The number of benzene rings is 3. The maximum absolute atomic E-state index is 6.92. The molecule has 0 saturated carbocycles. The first-order chi connectivity index (χ1) is 18.6. The average molecular weight is 545 g/mol. The number of hydrogen-bond acceptors (Lipinski definition) is 4. The first-order valence-corrected chi connectivity index (χ1v) is 20.7. The minimum atomic E-state index is -1.73. The predicted octanol–water partition coefficient (Wildman–Crippen LogP) is 6.05. The van der Waals surface area contributed by atoms with Crippen molar-refractivity contribution in [2.24, 2.45) is 0 Å². The van der Waals surface area contributed by atoms with E-state index in [-0.39, 0.29) is 6.71 Å². The third-order valence-electron chi connectivity index (χ3n) is 7.82. The van der Waals surface area contributed by atoms with Crippen LogP contribution >= 0.6 is 0 Å². The summed E-state index contributed by atoms with van der Waals surface area (Å²) in [6.45, 7) is 14.0. The van der Waals surface area contributed by atoms with E-state index in [0.717, 1.165) is 44.8 Å². The van der Waals surface area contributed by atoms with Crippen molar-refractivity contribution in [3.63, 3.8) is 0 Å². The van der Waals surface area contributed by atoms with E-state index >= 15 is 0 Å². The van der Waals surface area contributed by atoms with Crippen molar-refractivity contribution < 1.29 is 8.83 Å². The summed E-state index contributed by atoms with van der Waals surface area (Å²) in [4.78, 5) is 4.77. The van der Waals surface area contributed by atoms with Crippen LogP contribution in [0.4, 0.5) is 34.1 Å². The molecule has 2 aliphatic rings. The summed E-state index contributed by atoms with van der Waals surface area (Å²) in [7, 11) is -3.46. The fourth-order valence-electron chi connectivity index (χ4n) is 5.87. The molecule has 4 nitrogen and oxygen atoms in total. The van der Waals surface area contributed by atoms with Crippen LogP contribution in [0.1, 0.15) is 0 Å². The van der Waals surface area contributed by atoms with Crippen molar-refractivity contribution in [1.82, 2.24) is 0 Å². The molecule has 2 aliphatic heterocycles. The molecule has 0 aliphatic carbocycles. The Morgan fingerprint density at radius 1 is 0.513 bits per heavy atom. The number of fused-ring (bicyclic) bond motifs is 4. The lowest BCUT2D eigenvalue weighted by atomic mass is 9.38. The van der Waals surface area contributed by atoms with Gasteiger partial charge in [0.15, 0.2) is 0 Å². The molecular weight excluding hydrogens is 511 g/mol. The second-order valence-electron chi connectivity index (χ2n) is 12.7. The molecule has 39 heavy (non-hydrogen) atoms. The van der Waals surface area contributed by atoms with Gasteiger partial charge in [0.05, 0.1) is 22.1 Å². The van der Waals surface area contributed by atoms with Crippen molar-refractivity contribution in [2.75, 3.05) is 9.80 Å². The third kappa shape index (κ3) is 3.71. The molecular formula is C32H33BN2O2Si2. The summed E-state index contributed by atoms with van der Waals surface area (Å²) < 4.78 is 13.8. The van der Waals surface area contributed by atoms with E-state index in [1.165, 1.54) is 16.8 Å². The Kier molecular flexibility index (Phi) is 5.25. The molecule has 0 fully saturated rings. The molecule has 5 aromatic rings. The number of rotatable bonds is 4. The molecule has 0 bridgehead atoms. The van der Waals surface area contributed by atoms with Gasteiger partial charge in [0.25, 0.3) is 0 Å². The van der Waals surface area contributed by atoms with Gasteiger partial charge in [-0.15, -0.1) is 0 Å². The van der Waals surface area contributed by atoms with Gasteiger partial charge < -0.3 is 18.6 Å². The van der Waals surface area contributed by atoms with Crippen molar-refractivity contribution in [3.8, 4) is 0 Å². The summed E-state index contributed by atoms with van der Waals surface area (Å²) in [5.41, 5.74) is 10.1. The molecule has 0 saturated heterocycles. The molecule has 4 heterocycles. The highest BCUT2D eigenvalue weighted by Gasteiger charge is 2.49. The maximum atomic E-state index is 6.92. The van der Waals surface area contributed by atoms with E-state index in [4.69, 9.17) is 8.83 Å². The first kappa shape index (κ1) is 24.4. The van der Waals surface area contributed by atoms with Crippen LogP contribution in [0.25, 0.3) is 0 Å². The molecule has 0 atom stereocenters. The zero-order valence-corrected chi connectivity index (χ0v) is 25.4. The SMILES string of the molecule is C[Si](C)(C)c1cc2c(o1)B1c3oc([Si](C)(C)C)cc3N(c3ccccc3)c3cccc(c31)N2c1ccccc1. The molecule has 0 unspecified atom stereocenters. The fourth-order valence-corrected chi connectivity index (χ4v) is 7.84. The standard InChI is InChI=1S/C32H33BN2O2Si2/c1-38(2,3)28-20-26-31(36-28)33-30-24(34(26)22-14-9-7-10-15-22)18-13-19-25(30)35(23-16-11-8-12-17-23)27-21-29(37-32(27)33)39(4,5)6/h7-21H,1-6H3. The minimum absolute atomic E-state index is 0.101. The molecule has 7 rings (SSSR count). The Balaban J connectivity index is 1.58. The Bertz CT molecular complexity index is 1580. The molecule has 0 spiro atoms. The fraction of sp³-hybridized carbons (Fsp3) is 0.188. The molecule has 0 amide bonds. The van der Waals surface area contributed by atoms with E-state index in [9.17, 15) is 0 Å². The van der Waals surface area contributed by atoms with Gasteiger partial charge in [-0.05, 0) is 54.0 Å². The Hall–Kier alpha value is -3.68. The largest absolute Gasteiger partial charge is 0.478 e. The molecule has 3 aromatic carbocycles. The highest BCUT2D eigenvalue weighted by Crippen LogP contribution is 2.43. The third-order valence-corrected chi connectivity index (χ3v) is 11.3. The van der Waals surface area contributed by atoms with Gasteiger partial charge in [0.2, 0.25) is 0 Å². The number of furan rings is 2. The smallest absolute Gasteiger partial charge is 0.342 e. The molecule has 0 radical (unpaired) electrons. The highest BCUT2D eigenvalue weighted by atomic mass is 28.3. The quantitative estimate of drug-likeness (QED) is 0.253. The second-order valence-corrected chi connectivity index (χ2v) is 22.7. The number of para-hydroxylation sites is 2. The van der Waals surface area contributed by atoms with Crippen molar-refractivity contribution in [1.29, 1.82) is 0 Å². The molecule has 0 N–H and O–H groups in total. The zero-order chi connectivity index (χ0) is 27.1. The average Bonchev–Trinajstić information content (AvgIpc) is 3.55. The van der Waals surface area contributed by atoms with Crippen molar-refractivity contribution in [3.05, 3.63) is 91.0 Å². The summed E-state index contributed by atoms with van der Waals surface area (Å²) in [5, 5.41) is 2.23. The van der Waals surface area contributed by atoms with Crippen LogP contribution in [0.2, 0.25) is 39.3 Å². The lowest BCUT2D eigenvalue weighted by Gasteiger charge is -2.40. The van der Waals surface area contributed by atoms with Crippen LogP contribution in [0.5, 0.6) is 0 Å². The number of nitrogens with zero attached hydrogens (tertiary/aromatic N) is 2.